The number of benzene rings is 1. The number of rotatable bonds is 3. The highest BCUT2D eigenvalue weighted by Gasteiger charge is 2.65. The predicted molar refractivity (Wildman–Crippen MR) is 101 cm³/mol. The molecule has 0 unspecified atom stereocenters. The number of halogens is 2. The molecule has 3 atom stereocenters. The maximum atomic E-state index is 14.6. The van der Waals surface area contributed by atoms with Crippen molar-refractivity contribution in [2.75, 3.05) is 13.1 Å². The zero-order chi connectivity index (χ0) is 18.6. The maximum Gasteiger partial charge on any atom is 0.243 e. The van der Waals surface area contributed by atoms with Gasteiger partial charge in [-0.3, -0.25) is 14.7 Å². The Labute approximate surface area is 162 Å². The summed E-state index contributed by atoms with van der Waals surface area (Å²) in [6, 6.07) is 8.63. The van der Waals surface area contributed by atoms with Crippen LogP contribution in [0.15, 0.2) is 42.7 Å². The smallest absolute Gasteiger partial charge is 0.243 e. The summed E-state index contributed by atoms with van der Waals surface area (Å²) in [5.74, 6) is 0.128. The first-order valence-electron chi connectivity index (χ1n) is 9.50. The predicted octanol–water partition coefficient (Wildman–Crippen LogP) is 3.81. The molecule has 27 heavy (non-hydrogen) atoms. The Bertz CT molecular complexity index is 872. The van der Waals surface area contributed by atoms with Crippen LogP contribution in [0.5, 0.6) is 0 Å². The Morgan fingerprint density at radius 3 is 2.96 bits per heavy atom. The standard InChI is InChI=1S/C21H21ClFN3O/c22-16-5-1-6-17(23)19(16)18-10-15-13-25(12-14-4-2-8-24-11-14)20(27)21(15)7-3-9-26(18)21/h1-2,4-6,8,11,15,18H,3,7,9-10,12-13H2/t15-,18-,21-/m0/s1. The quantitative estimate of drug-likeness (QED) is 0.806. The van der Waals surface area contributed by atoms with E-state index in [4.69, 9.17) is 11.6 Å². The molecular formula is C21H21ClFN3O. The van der Waals surface area contributed by atoms with Gasteiger partial charge in [-0.15, -0.1) is 0 Å². The van der Waals surface area contributed by atoms with Crippen LogP contribution in [0, 0.1) is 11.7 Å². The molecule has 1 aromatic heterocycles. The Hall–Kier alpha value is -1.98. The summed E-state index contributed by atoms with van der Waals surface area (Å²) in [6.45, 7) is 2.12. The molecule has 3 saturated heterocycles. The summed E-state index contributed by atoms with van der Waals surface area (Å²) in [5, 5.41) is 0.460. The van der Waals surface area contributed by atoms with E-state index in [9.17, 15) is 9.18 Å². The minimum atomic E-state index is -0.488. The van der Waals surface area contributed by atoms with Crippen molar-refractivity contribution in [3.05, 3.63) is 64.7 Å². The van der Waals surface area contributed by atoms with Crippen molar-refractivity contribution in [1.29, 1.82) is 0 Å². The van der Waals surface area contributed by atoms with Crippen molar-refractivity contribution in [2.45, 2.75) is 37.4 Å². The second-order valence-corrected chi connectivity index (χ2v) is 8.26. The molecule has 1 spiro atoms. The molecule has 6 heteroatoms. The van der Waals surface area contributed by atoms with Crippen LogP contribution in [0.1, 0.15) is 36.4 Å². The van der Waals surface area contributed by atoms with Gasteiger partial charge in [0.05, 0.1) is 0 Å². The van der Waals surface area contributed by atoms with Crippen LogP contribution in [0.4, 0.5) is 4.39 Å². The molecule has 0 saturated carbocycles. The van der Waals surface area contributed by atoms with Crippen molar-refractivity contribution < 1.29 is 9.18 Å². The van der Waals surface area contributed by atoms with Gasteiger partial charge < -0.3 is 4.90 Å². The average molecular weight is 386 g/mol. The highest BCUT2D eigenvalue weighted by Crippen LogP contribution is 2.57. The first kappa shape index (κ1) is 17.1. The molecule has 1 aromatic carbocycles. The van der Waals surface area contributed by atoms with Gasteiger partial charge in [0.25, 0.3) is 0 Å². The summed E-state index contributed by atoms with van der Waals surface area (Å²) in [5.41, 5.74) is 1.11. The normalized spacial score (nSPS) is 30.0. The number of amides is 1. The van der Waals surface area contributed by atoms with Crippen LogP contribution in [0.25, 0.3) is 0 Å². The number of aromatic nitrogens is 1. The lowest BCUT2D eigenvalue weighted by molar-refractivity contribution is -0.137. The van der Waals surface area contributed by atoms with Crippen LogP contribution in [-0.4, -0.2) is 39.3 Å². The van der Waals surface area contributed by atoms with Crippen molar-refractivity contribution in [2.24, 2.45) is 5.92 Å². The van der Waals surface area contributed by atoms with Crippen molar-refractivity contribution >= 4 is 17.5 Å². The van der Waals surface area contributed by atoms with Gasteiger partial charge in [0, 0.05) is 48.0 Å². The van der Waals surface area contributed by atoms with Crippen LogP contribution < -0.4 is 0 Å². The van der Waals surface area contributed by atoms with Gasteiger partial charge in [0.2, 0.25) is 5.91 Å². The number of carbonyl (C=O) groups excluding carboxylic acids is 1. The first-order valence-corrected chi connectivity index (χ1v) is 9.88. The third-order valence-electron chi connectivity index (χ3n) is 6.56. The van der Waals surface area contributed by atoms with Gasteiger partial charge in [-0.25, -0.2) is 4.39 Å². The van der Waals surface area contributed by atoms with Crippen molar-refractivity contribution in [3.8, 4) is 0 Å². The molecule has 0 N–H and O–H groups in total. The van der Waals surface area contributed by atoms with Gasteiger partial charge in [-0.1, -0.05) is 23.7 Å². The number of pyridine rings is 1. The summed E-state index contributed by atoms with van der Waals surface area (Å²) in [4.78, 5) is 21.8. The van der Waals surface area contributed by atoms with E-state index in [0.29, 0.717) is 23.7 Å². The highest BCUT2D eigenvalue weighted by molar-refractivity contribution is 6.31. The van der Waals surface area contributed by atoms with E-state index in [0.717, 1.165) is 31.4 Å². The SMILES string of the molecule is O=C1N(Cc2cccnc2)C[C@@H]2C[C@@H](c3c(F)cccc3Cl)N3CCC[C@@]123. The number of nitrogens with zero attached hydrogens (tertiary/aromatic N) is 3. The Kier molecular flexibility index (Phi) is 3.99. The molecule has 0 bridgehead atoms. The van der Waals surface area contributed by atoms with Crippen molar-refractivity contribution in [1.82, 2.24) is 14.8 Å². The maximum absolute atomic E-state index is 14.6. The molecule has 1 amide bonds. The lowest BCUT2D eigenvalue weighted by atomic mass is 9.85. The van der Waals surface area contributed by atoms with E-state index < -0.39 is 5.54 Å². The second-order valence-electron chi connectivity index (χ2n) is 7.85. The van der Waals surface area contributed by atoms with Gasteiger partial charge in [0.1, 0.15) is 11.4 Å². The average Bonchev–Trinajstić information content (AvgIpc) is 3.28. The molecule has 2 aromatic rings. The van der Waals surface area contributed by atoms with E-state index in [1.54, 1.807) is 18.3 Å². The third-order valence-corrected chi connectivity index (χ3v) is 6.89. The fourth-order valence-corrected chi connectivity index (χ4v) is 5.82. The first-order chi connectivity index (χ1) is 13.1. The Morgan fingerprint density at radius 1 is 1.30 bits per heavy atom. The fourth-order valence-electron chi connectivity index (χ4n) is 5.53. The minimum Gasteiger partial charge on any atom is -0.336 e. The van der Waals surface area contributed by atoms with Crippen LogP contribution in [0.3, 0.4) is 0 Å². The summed E-state index contributed by atoms with van der Waals surface area (Å²) in [6.07, 6.45) is 6.14. The third kappa shape index (κ3) is 2.44. The summed E-state index contributed by atoms with van der Waals surface area (Å²) >= 11 is 6.36. The molecule has 4 nitrogen and oxygen atoms in total. The zero-order valence-corrected chi connectivity index (χ0v) is 15.7. The molecule has 4 heterocycles. The molecule has 3 aliphatic heterocycles. The van der Waals surface area contributed by atoms with Crippen LogP contribution in [-0.2, 0) is 11.3 Å². The molecule has 3 aliphatic rings. The lowest BCUT2D eigenvalue weighted by Gasteiger charge is -2.34. The lowest BCUT2D eigenvalue weighted by Crippen LogP contribution is -2.49. The van der Waals surface area contributed by atoms with Crippen molar-refractivity contribution in [3.63, 3.8) is 0 Å². The van der Waals surface area contributed by atoms with E-state index in [1.165, 1.54) is 6.07 Å². The van der Waals surface area contributed by atoms with E-state index >= 15 is 0 Å². The second kappa shape index (κ2) is 6.28. The van der Waals surface area contributed by atoms with E-state index in [2.05, 4.69) is 9.88 Å². The molecule has 0 radical (unpaired) electrons. The molecule has 140 valence electrons. The summed E-state index contributed by atoms with van der Waals surface area (Å²) < 4.78 is 14.6. The van der Waals surface area contributed by atoms with Gasteiger partial charge in [-0.05, 0) is 49.6 Å². The van der Waals surface area contributed by atoms with Gasteiger partial charge in [0.15, 0.2) is 0 Å². The van der Waals surface area contributed by atoms with E-state index in [-0.39, 0.29) is 23.7 Å². The molecule has 5 rings (SSSR count). The van der Waals surface area contributed by atoms with Gasteiger partial charge in [-0.2, -0.15) is 0 Å². The Balaban J connectivity index is 1.47. The molecular weight excluding hydrogens is 365 g/mol. The fraction of sp³-hybridized carbons (Fsp3) is 0.429. The topological polar surface area (TPSA) is 36.4 Å². The highest BCUT2D eigenvalue weighted by atomic mass is 35.5. The van der Waals surface area contributed by atoms with Crippen LogP contribution in [0.2, 0.25) is 5.02 Å². The monoisotopic (exact) mass is 385 g/mol. The van der Waals surface area contributed by atoms with E-state index in [1.807, 2.05) is 23.2 Å². The zero-order valence-electron chi connectivity index (χ0n) is 14.9. The number of hydrogen-bond acceptors (Lipinski definition) is 3. The Morgan fingerprint density at radius 2 is 2.19 bits per heavy atom. The largest absolute Gasteiger partial charge is 0.336 e. The number of likely N-dealkylation sites (tertiary alicyclic amines) is 1. The minimum absolute atomic E-state index is 0.115. The molecule has 0 aliphatic carbocycles. The number of carbonyl (C=O) groups is 1. The molecule has 3 fully saturated rings. The van der Waals surface area contributed by atoms with Crippen LogP contribution >= 0.6 is 11.6 Å². The number of hydrogen-bond donors (Lipinski definition) is 0. The summed E-state index contributed by atoms with van der Waals surface area (Å²) in [7, 11) is 0. The van der Waals surface area contributed by atoms with Gasteiger partial charge >= 0.3 is 0 Å².